The van der Waals surface area contributed by atoms with Gasteiger partial charge in [0.25, 0.3) is 0 Å². The third-order valence-corrected chi connectivity index (χ3v) is 6.24. The lowest BCUT2D eigenvalue weighted by Crippen LogP contribution is -2.20. The molecule has 0 amide bonds. The Labute approximate surface area is 175 Å². The summed E-state index contributed by atoms with van der Waals surface area (Å²) in [4.78, 5) is 13.4. The zero-order valence-electron chi connectivity index (χ0n) is 15.3. The summed E-state index contributed by atoms with van der Waals surface area (Å²) < 4.78 is 34.1. The van der Waals surface area contributed by atoms with Gasteiger partial charge in [0.2, 0.25) is 0 Å². The third-order valence-electron chi connectivity index (χ3n) is 4.87. The number of nitrogens with zero attached hydrogens (tertiary/aromatic N) is 2. The fourth-order valence-corrected chi connectivity index (χ4v) is 4.63. The van der Waals surface area contributed by atoms with E-state index >= 15 is 0 Å². The Hall–Kier alpha value is -2.29. The largest absolute Gasteiger partial charge is 0.481 e. The van der Waals surface area contributed by atoms with Crippen LogP contribution in [0.15, 0.2) is 30.5 Å². The molecule has 9 heteroatoms. The van der Waals surface area contributed by atoms with Gasteiger partial charge in [0.15, 0.2) is 22.5 Å². The Bertz CT molecular complexity index is 1070. The highest BCUT2D eigenvalue weighted by Gasteiger charge is 2.25. The number of aromatic nitrogens is 2. The van der Waals surface area contributed by atoms with Gasteiger partial charge in [-0.05, 0) is 42.6 Å². The summed E-state index contributed by atoms with van der Waals surface area (Å²) in [5, 5.41) is 5.39. The smallest absolute Gasteiger partial charge is 0.184 e. The summed E-state index contributed by atoms with van der Waals surface area (Å²) in [6.07, 6.45) is 2.17. The van der Waals surface area contributed by atoms with E-state index in [2.05, 4.69) is 5.10 Å². The van der Waals surface area contributed by atoms with Crippen molar-refractivity contribution < 1.29 is 18.3 Å². The van der Waals surface area contributed by atoms with E-state index in [1.165, 1.54) is 17.4 Å². The molecule has 29 heavy (non-hydrogen) atoms. The number of rotatable bonds is 6. The highest BCUT2D eigenvalue weighted by molar-refractivity contribution is 7.16. The summed E-state index contributed by atoms with van der Waals surface area (Å²) in [6.45, 7) is 1.27. The molecule has 1 atom stereocenters. The van der Waals surface area contributed by atoms with Crippen LogP contribution >= 0.6 is 22.9 Å². The van der Waals surface area contributed by atoms with Gasteiger partial charge in [-0.2, -0.15) is 5.10 Å². The molecule has 0 fully saturated rings. The molecule has 3 heterocycles. The van der Waals surface area contributed by atoms with Gasteiger partial charge in [-0.3, -0.25) is 9.48 Å². The molecule has 2 N–H and O–H groups in total. The number of benzene rings is 1. The molecule has 1 aliphatic heterocycles. The summed E-state index contributed by atoms with van der Waals surface area (Å²) in [7, 11) is 0. The van der Waals surface area contributed by atoms with E-state index < -0.39 is 11.6 Å². The van der Waals surface area contributed by atoms with Gasteiger partial charge in [-0.25, -0.2) is 8.78 Å². The molecule has 0 aliphatic carbocycles. The number of ether oxygens (including phenoxy) is 1. The minimum atomic E-state index is -0.905. The Morgan fingerprint density at radius 1 is 1.34 bits per heavy atom. The Balaban J connectivity index is 1.53. The van der Waals surface area contributed by atoms with E-state index in [-0.39, 0.29) is 24.7 Å². The number of carbonyl (C=O) groups excluding carboxylic acids is 1. The summed E-state index contributed by atoms with van der Waals surface area (Å²) in [5.41, 5.74) is 7.93. The second kappa shape index (κ2) is 8.22. The standard InChI is InChI=1S/C20H18ClF2N3O2S/c21-14-10-25-26-3-4-28-20-13(19(14)26)8-18(29-20)17(27)7-12(9-24)5-11-1-2-15(22)16(23)6-11/h1-2,6,8,10,12H,3-5,7,9,24H2. The molecule has 0 radical (unpaired) electrons. The maximum Gasteiger partial charge on any atom is 0.184 e. The number of nitrogens with two attached hydrogens (primary N) is 1. The van der Waals surface area contributed by atoms with Gasteiger partial charge in [-0.15, -0.1) is 0 Å². The van der Waals surface area contributed by atoms with Crippen molar-refractivity contribution >= 4 is 28.7 Å². The lowest BCUT2D eigenvalue weighted by molar-refractivity contribution is 0.0966. The number of hydrogen-bond donors (Lipinski definition) is 1. The molecular weight excluding hydrogens is 420 g/mol. The van der Waals surface area contributed by atoms with Crippen LogP contribution in [0.3, 0.4) is 0 Å². The van der Waals surface area contributed by atoms with E-state index in [1.807, 2.05) is 0 Å². The molecule has 4 rings (SSSR count). The predicted molar refractivity (Wildman–Crippen MR) is 108 cm³/mol. The minimum Gasteiger partial charge on any atom is -0.481 e. The van der Waals surface area contributed by atoms with E-state index in [4.69, 9.17) is 22.1 Å². The summed E-state index contributed by atoms with van der Waals surface area (Å²) in [5.74, 6) is -2.07. The average Bonchev–Trinajstić information content (AvgIpc) is 3.23. The van der Waals surface area contributed by atoms with E-state index in [9.17, 15) is 13.6 Å². The summed E-state index contributed by atoms with van der Waals surface area (Å²) >= 11 is 7.55. The number of halogens is 3. The van der Waals surface area contributed by atoms with Crippen LogP contribution in [0.4, 0.5) is 8.78 Å². The molecule has 5 nitrogen and oxygen atoms in total. The van der Waals surface area contributed by atoms with Gasteiger partial charge in [0.1, 0.15) is 6.61 Å². The molecule has 1 aliphatic rings. The first-order valence-electron chi connectivity index (χ1n) is 9.11. The average molecular weight is 438 g/mol. The van der Waals surface area contributed by atoms with Crippen molar-refractivity contribution in [3.8, 4) is 16.3 Å². The van der Waals surface area contributed by atoms with Gasteiger partial charge >= 0.3 is 0 Å². The van der Waals surface area contributed by atoms with Crippen LogP contribution < -0.4 is 10.5 Å². The predicted octanol–water partition coefficient (Wildman–Crippen LogP) is 4.33. The van der Waals surface area contributed by atoms with E-state index in [0.717, 1.165) is 23.4 Å². The second-order valence-electron chi connectivity index (χ2n) is 6.91. The van der Waals surface area contributed by atoms with Crippen molar-refractivity contribution in [3.63, 3.8) is 0 Å². The Morgan fingerprint density at radius 3 is 2.93 bits per heavy atom. The maximum absolute atomic E-state index is 13.4. The van der Waals surface area contributed by atoms with Crippen molar-refractivity contribution in [2.75, 3.05) is 13.2 Å². The maximum atomic E-state index is 13.4. The topological polar surface area (TPSA) is 70.1 Å². The normalized spacial score (nSPS) is 13.9. The monoisotopic (exact) mass is 437 g/mol. The Morgan fingerprint density at radius 2 is 2.17 bits per heavy atom. The van der Waals surface area contributed by atoms with E-state index in [1.54, 1.807) is 16.9 Å². The molecular formula is C20H18ClF2N3O2S. The zero-order valence-corrected chi connectivity index (χ0v) is 16.9. The highest BCUT2D eigenvalue weighted by Crippen LogP contribution is 2.43. The van der Waals surface area contributed by atoms with Crippen LogP contribution in [0.5, 0.6) is 5.06 Å². The Kier molecular flexibility index (Phi) is 5.67. The second-order valence-corrected chi connectivity index (χ2v) is 8.33. The van der Waals surface area contributed by atoms with Crippen molar-refractivity contribution in [1.29, 1.82) is 0 Å². The number of carbonyl (C=O) groups is 1. The molecule has 0 saturated heterocycles. The number of hydrogen-bond acceptors (Lipinski definition) is 5. The zero-order chi connectivity index (χ0) is 20.5. The lowest BCUT2D eigenvalue weighted by atomic mass is 9.93. The highest BCUT2D eigenvalue weighted by atomic mass is 35.5. The van der Waals surface area contributed by atoms with Gasteiger partial charge in [-0.1, -0.05) is 29.0 Å². The van der Waals surface area contributed by atoms with Crippen molar-refractivity contribution in [2.45, 2.75) is 19.4 Å². The molecule has 152 valence electrons. The van der Waals surface area contributed by atoms with Crippen LogP contribution in [0.25, 0.3) is 11.3 Å². The fraction of sp³-hybridized carbons (Fsp3) is 0.300. The van der Waals surface area contributed by atoms with Crippen molar-refractivity contribution in [1.82, 2.24) is 9.78 Å². The van der Waals surface area contributed by atoms with Crippen molar-refractivity contribution in [2.24, 2.45) is 11.7 Å². The molecule has 2 aromatic heterocycles. The van der Waals surface area contributed by atoms with Crippen LogP contribution in [0.1, 0.15) is 21.7 Å². The number of fused-ring (bicyclic) bond motifs is 3. The molecule has 1 aromatic carbocycles. The van der Waals surface area contributed by atoms with Crippen molar-refractivity contribution in [3.05, 3.63) is 57.6 Å². The quantitative estimate of drug-likeness (QED) is 0.583. The third kappa shape index (κ3) is 4.05. The first-order valence-corrected chi connectivity index (χ1v) is 10.3. The summed E-state index contributed by atoms with van der Waals surface area (Å²) in [6, 6.07) is 5.52. The van der Waals surface area contributed by atoms with Gasteiger partial charge in [0.05, 0.1) is 33.9 Å². The lowest BCUT2D eigenvalue weighted by Gasteiger charge is -2.13. The fourth-order valence-electron chi connectivity index (χ4n) is 3.41. The van der Waals surface area contributed by atoms with E-state index in [0.29, 0.717) is 40.1 Å². The number of ketones is 1. The molecule has 0 saturated carbocycles. The van der Waals surface area contributed by atoms with Crippen LogP contribution in [0, 0.1) is 17.6 Å². The van der Waals surface area contributed by atoms with Crippen LogP contribution in [-0.4, -0.2) is 28.7 Å². The molecule has 0 bridgehead atoms. The first kappa shape index (κ1) is 20.0. The number of Topliss-reactive ketones (excluding diaryl/α,β-unsaturated/α-hetero) is 1. The van der Waals surface area contributed by atoms with Gasteiger partial charge in [0, 0.05) is 6.42 Å². The molecule has 1 unspecified atom stereocenters. The molecule has 3 aromatic rings. The van der Waals surface area contributed by atoms with Crippen LogP contribution in [0.2, 0.25) is 5.02 Å². The van der Waals surface area contributed by atoms with Crippen LogP contribution in [-0.2, 0) is 13.0 Å². The number of thiophene rings is 1. The van der Waals surface area contributed by atoms with Gasteiger partial charge < -0.3 is 10.5 Å². The minimum absolute atomic E-state index is 0.0769. The molecule has 0 spiro atoms. The SMILES string of the molecule is NCC(CC(=O)c1cc2c(s1)OCCn1ncc(Cl)c1-2)Cc1ccc(F)c(F)c1. The first-order chi connectivity index (χ1) is 14.0.